The Kier molecular flexibility index (Phi) is 13.4. The molecule has 10 nitrogen and oxygen atoms in total. The van der Waals surface area contributed by atoms with Gasteiger partial charge < -0.3 is 20.3 Å². The summed E-state index contributed by atoms with van der Waals surface area (Å²) in [7, 11) is 0. The van der Waals surface area contributed by atoms with E-state index in [4.69, 9.17) is 31.9 Å². The SMILES string of the molecule is N#Cc1c(N)nc(SCc2csc(-c3ccc(Cl)cc3)n2)c(C#N)c1-c1ccc(OCCOC(=O)CCC(=O)O)cc1.[KH]. The van der Waals surface area contributed by atoms with Crippen molar-refractivity contribution < 1.29 is 24.2 Å². The Morgan fingerprint density at radius 2 is 1.65 bits per heavy atom. The zero-order chi connectivity index (χ0) is 30.1. The van der Waals surface area contributed by atoms with Gasteiger partial charge in [-0.05, 0) is 29.8 Å². The van der Waals surface area contributed by atoms with Crippen LogP contribution in [0, 0.1) is 22.7 Å². The van der Waals surface area contributed by atoms with Gasteiger partial charge in [-0.3, -0.25) is 9.59 Å². The van der Waals surface area contributed by atoms with Gasteiger partial charge >= 0.3 is 63.3 Å². The quantitative estimate of drug-likeness (QED) is 0.0877. The van der Waals surface area contributed by atoms with Gasteiger partial charge in [-0.25, -0.2) is 9.97 Å². The summed E-state index contributed by atoms with van der Waals surface area (Å²) in [6.07, 6.45) is -0.511. The molecule has 43 heavy (non-hydrogen) atoms. The van der Waals surface area contributed by atoms with Crippen LogP contribution in [-0.2, 0) is 20.1 Å². The standard InChI is InChI=1S/C29H22ClN5O5S2.K.H/c30-19-5-1-18(2-6-19)28-34-20(15-41-28)16-42-29-23(14-32)26(22(13-31)27(33)35-29)17-3-7-21(8-4-17)39-11-12-40-25(38)10-9-24(36)37;;/h1-8,15H,9-12,16H2,(H2,33,35)(H,36,37);;. The average Bonchev–Trinajstić information content (AvgIpc) is 3.46. The van der Waals surface area contributed by atoms with Gasteiger partial charge in [-0.2, -0.15) is 10.5 Å². The van der Waals surface area contributed by atoms with Crippen LogP contribution in [0.5, 0.6) is 5.75 Å². The number of rotatable bonds is 12. The van der Waals surface area contributed by atoms with Crippen molar-refractivity contribution in [3.8, 4) is 39.6 Å². The summed E-state index contributed by atoms with van der Waals surface area (Å²) in [5.41, 5.74) is 9.16. The Bertz CT molecular complexity index is 1690. The third kappa shape index (κ3) is 9.50. The second-order valence-electron chi connectivity index (χ2n) is 8.58. The molecule has 0 bridgehead atoms. The van der Waals surface area contributed by atoms with Crippen LogP contribution in [0.3, 0.4) is 0 Å². The summed E-state index contributed by atoms with van der Waals surface area (Å²) in [5, 5.41) is 32.3. The molecule has 0 atom stereocenters. The minimum atomic E-state index is -1.08. The third-order valence-electron chi connectivity index (χ3n) is 5.72. The first-order chi connectivity index (χ1) is 20.3. The van der Waals surface area contributed by atoms with Crippen molar-refractivity contribution in [1.82, 2.24) is 9.97 Å². The molecule has 0 saturated heterocycles. The summed E-state index contributed by atoms with van der Waals surface area (Å²) >= 11 is 8.78. The molecule has 214 valence electrons. The van der Waals surface area contributed by atoms with E-state index in [1.807, 2.05) is 17.5 Å². The predicted octanol–water partition coefficient (Wildman–Crippen LogP) is 5.28. The molecule has 0 amide bonds. The van der Waals surface area contributed by atoms with E-state index in [-0.39, 0.29) is 94.4 Å². The number of nitrogens with zero attached hydrogens (tertiary/aromatic N) is 4. The number of benzene rings is 2. The maximum absolute atomic E-state index is 11.5. The number of hydrogen-bond acceptors (Lipinski definition) is 11. The molecule has 14 heteroatoms. The average molecular weight is 660 g/mol. The van der Waals surface area contributed by atoms with Crippen LogP contribution in [-0.4, -0.2) is 91.6 Å². The molecule has 0 fully saturated rings. The monoisotopic (exact) mass is 659 g/mol. The Morgan fingerprint density at radius 3 is 2.30 bits per heavy atom. The second kappa shape index (κ2) is 16.8. The summed E-state index contributed by atoms with van der Waals surface area (Å²) in [6, 6.07) is 18.4. The van der Waals surface area contributed by atoms with E-state index in [9.17, 15) is 20.1 Å². The van der Waals surface area contributed by atoms with Crippen molar-refractivity contribution in [2.75, 3.05) is 18.9 Å². The van der Waals surface area contributed by atoms with Crippen LogP contribution in [0.2, 0.25) is 5.02 Å². The number of nitrogens with two attached hydrogens (primary N) is 1. The molecule has 0 radical (unpaired) electrons. The Hall–Kier alpha value is -2.98. The molecule has 0 saturated carbocycles. The summed E-state index contributed by atoms with van der Waals surface area (Å²) in [5.74, 6) is -0.782. The van der Waals surface area contributed by atoms with Gasteiger partial charge in [-0.15, -0.1) is 11.3 Å². The molecule has 0 unspecified atom stereocenters. The van der Waals surface area contributed by atoms with Gasteiger partial charge in [0.05, 0.1) is 24.1 Å². The molecule has 2 heterocycles. The number of ether oxygens (including phenoxy) is 2. The number of carbonyl (C=O) groups excluding carboxylic acids is 1. The number of carboxylic acid groups (broad SMARTS) is 1. The predicted molar refractivity (Wildman–Crippen MR) is 166 cm³/mol. The molecule has 4 aromatic rings. The number of halogens is 1. The van der Waals surface area contributed by atoms with Crippen molar-refractivity contribution in [3.63, 3.8) is 0 Å². The van der Waals surface area contributed by atoms with Gasteiger partial charge in [0.15, 0.2) is 0 Å². The first-order valence-corrected chi connectivity index (χ1v) is 14.6. The van der Waals surface area contributed by atoms with Gasteiger partial charge in [-0.1, -0.05) is 47.6 Å². The van der Waals surface area contributed by atoms with Gasteiger partial charge in [0.25, 0.3) is 0 Å². The summed E-state index contributed by atoms with van der Waals surface area (Å²) in [6.45, 7) is 0.0173. The second-order valence-corrected chi connectivity index (χ2v) is 10.8. The maximum atomic E-state index is 11.5. The van der Waals surface area contributed by atoms with Gasteiger partial charge in [0.1, 0.15) is 52.5 Å². The van der Waals surface area contributed by atoms with Crippen LogP contribution < -0.4 is 10.5 Å². The van der Waals surface area contributed by atoms with E-state index < -0.39 is 11.9 Å². The number of carbonyl (C=O) groups is 2. The molecule has 2 aromatic carbocycles. The number of carboxylic acids is 1. The Morgan fingerprint density at radius 1 is 0.977 bits per heavy atom. The zero-order valence-electron chi connectivity index (χ0n) is 21.9. The fourth-order valence-electron chi connectivity index (χ4n) is 3.75. The van der Waals surface area contributed by atoms with Gasteiger partial charge in [0, 0.05) is 27.3 Å². The number of thiazole rings is 1. The number of aliphatic carboxylic acids is 1. The zero-order valence-corrected chi connectivity index (χ0v) is 24.3. The minimum absolute atomic E-state index is 0. The normalized spacial score (nSPS) is 10.2. The molecular weight excluding hydrogens is 637 g/mol. The molecule has 0 aliphatic heterocycles. The van der Waals surface area contributed by atoms with Crippen molar-refractivity contribution in [3.05, 3.63) is 75.8 Å². The number of hydrogen-bond donors (Lipinski definition) is 2. The van der Waals surface area contributed by atoms with Crippen molar-refractivity contribution in [2.45, 2.75) is 23.6 Å². The van der Waals surface area contributed by atoms with Crippen molar-refractivity contribution >= 4 is 104 Å². The van der Waals surface area contributed by atoms with Crippen molar-refractivity contribution in [2.24, 2.45) is 0 Å². The fraction of sp³-hybridized carbons (Fsp3) is 0.172. The third-order valence-corrected chi connectivity index (χ3v) is 7.92. The van der Waals surface area contributed by atoms with E-state index in [1.165, 1.54) is 23.1 Å². The van der Waals surface area contributed by atoms with Gasteiger partial charge in [0.2, 0.25) is 0 Å². The summed E-state index contributed by atoms with van der Waals surface area (Å²) in [4.78, 5) is 31.1. The number of aromatic nitrogens is 2. The molecule has 0 spiro atoms. The molecular formula is C29H23ClKN5O5S2. The Labute approximate surface area is 303 Å². The van der Waals surface area contributed by atoms with E-state index >= 15 is 0 Å². The molecule has 2 aromatic heterocycles. The molecule has 0 aliphatic rings. The first kappa shape index (κ1) is 34.5. The van der Waals surface area contributed by atoms with E-state index in [0.29, 0.717) is 32.7 Å². The van der Waals surface area contributed by atoms with Crippen molar-refractivity contribution in [1.29, 1.82) is 10.5 Å². The van der Waals surface area contributed by atoms with Crippen LogP contribution in [0.1, 0.15) is 29.7 Å². The van der Waals surface area contributed by atoms with E-state index in [1.54, 1.807) is 36.4 Å². The fourth-order valence-corrected chi connectivity index (χ4v) is 5.69. The van der Waals surface area contributed by atoms with Crippen LogP contribution in [0.15, 0.2) is 58.9 Å². The number of nitriles is 2. The van der Waals surface area contributed by atoms with E-state index in [2.05, 4.69) is 22.1 Å². The molecule has 4 rings (SSSR count). The summed E-state index contributed by atoms with van der Waals surface area (Å²) < 4.78 is 10.5. The number of esters is 1. The number of pyridine rings is 1. The molecule has 3 N–H and O–H groups in total. The molecule has 0 aliphatic carbocycles. The Balaban J connectivity index is 0.00000506. The number of nitrogen functional groups attached to an aromatic ring is 1. The van der Waals surface area contributed by atoms with Crippen LogP contribution >= 0.6 is 34.7 Å². The topological polar surface area (TPSA) is 172 Å². The number of thioether (sulfide) groups is 1. The van der Waals surface area contributed by atoms with Crippen LogP contribution in [0.25, 0.3) is 21.7 Å². The number of anilines is 1. The van der Waals surface area contributed by atoms with E-state index in [0.717, 1.165) is 16.3 Å². The van der Waals surface area contributed by atoms with Crippen LogP contribution in [0.4, 0.5) is 5.82 Å². The first-order valence-electron chi connectivity index (χ1n) is 12.4.